The molecular formula is C18H25F2N. The fraction of sp³-hybridized carbons (Fsp3) is 0.667. The molecule has 2 aliphatic carbocycles. The summed E-state index contributed by atoms with van der Waals surface area (Å²) in [7, 11) is 0. The predicted octanol–water partition coefficient (Wildman–Crippen LogP) is 4.89. The van der Waals surface area contributed by atoms with Gasteiger partial charge in [-0.3, -0.25) is 0 Å². The first kappa shape index (κ1) is 15.0. The molecule has 21 heavy (non-hydrogen) atoms. The van der Waals surface area contributed by atoms with Gasteiger partial charge in [-0.05, 0) is 42.9 Å². The van der Waals surface area contributed by atoms with Gasteiger partial charge in [0.2, 0.25) is 0 Å². The van der Waals surface area contributed by atoms with Gasteiger partial charge in [0.1, 0.15) is 11.6 Å². The molecule has 0 amide bonds. The Balaban J connectivity index is 1.96. The third-order valence-electron chi connectivity index (χ3n) is 5.67. The molecule has 2 N–H and O–H groups in total. The highest BCUT2D eigenvalue weighted by Crippen LogP contribution is 2.48. The van der Waals surface area contributed by atoms with E-state index in [1.54, 1.807) is 0 Å². The first-order valence-electron chi connectivity index (χ1n) is 8.35. The third-order valence-corrected chi connectivity index (χ3v) is 5.67. The fourth-order valence-corrected chi connectivity index (χ4v) is 4.61. The molecule has 0 aromatic heterocycles. The second kappa shape index (κ2) is 6.04. The quantitative estimate of drug-likeness (QED) is 0.825. The summed E-state index contributed by atoms with van der Waals surface area (Å²) in [5, 5.41) is 0. The van der Waals surface area contributed by atoms with Gasteiger partial charge in [-0.25, -0.2) is 8.78 Å². The van der Waals surface area contributed by atoms with Gasteiger partial charge in [0.05, 0.1) is 0 Å². The molecule has 0 radical (unpaired) electrons. The van der Waals surface area contributed by atoms with Crippen LogP contribution in [0.25, 0.3) is 0 Å². The maximum Gasteiger partial charge on any atom is 0.128 e. The van der Waals surface area contributed by atoms with Crippen molar-refractivity contribution in [3.05, 3.63) is 35.4 Å². The SMILES string of the molecule is NC1(c2cc(F)ccc2F)CCCCC1C1CCCCC1. The molecule has 0 spiro atoms. The van der Waals surface area contributed by atoms with E-state index in [-0.39, 0.29) is 11.6 Å². The van der Waals surface area contributed by atoms with Crippen molar-refractivity contribution in [3.63, 3.8) is 0 Å². The van der Waals surface area contributed by atoms with Gasteiger partial charge in [-0.2, -0.15) is 0 Å². The molecule has 0 bridgehead atoms. The van der Waals surface area contributed by atoms with Crippen molar-refractivity contribution in [2.75, 3.05) is 0 Å². The number of hydrogen-bond donors (Lipinski definition) is 1. The number of halogens is 2. The van der Waals surface area contributed by atoms with Crippen LogP contribution in [0.2, 0.25) is 0 Å². The highest BCUT2D eigenvalue weighted by molar-refractivity contribution is 5.28. The smallest absolute Gasteiger partial charge is 0.128 e. The van der Waals surface area contributed by atoms with E-state index in [0.29, 0.717) is 17.4 Å². The molecule has 1 nitrogen and oxygen atoms in total. The van der Waals surface area contributed by atoms with Crippen molar-refractivity contribution >= 4 is 0 Å². The van der Waals surface area contributed by atoms with Crippen LogP contribution in [0, 0.1) is 23.5 Å². The minimum absolute atomic E-state index is 0.294. The highest BCUT2D eigenvalue weighted by Gasteiger charge is 2.44. The van der Waals surface area contributed by atoms with Gasteiger partial charge in [-0.1, -0.05) is 44.9 Å². The van der Waals surface area contributed by atoms with Crippen LogP contribution in [0.3, 0.4) is 0 Å². The molecule has 1 aromatic rings. The average Bonchev–Trinajstić information content (AvgIpc) is 2.51. The molecule has 2 aliphatic rings. The van der Waals surface area contributed by atoms with E-state index in [4.69, 9.17) is 5.73 Å². The van der Waals surface area contributed by atoms with E-state index in [1.807, 2.05) is 0 Å². The second-order valence-corrected chi connectivity index (χ2v) is 6.91. The summed E-state index contributed by atoms with van der Waals surface area (Å²) in [6, 6.07) is 3.74. The Labute approximate surface area is 125 Å². The summed E-state index contributed by atoms with van der Waals surface area (Å²) >= 11 is 0. The second-order valence-electron chi connectivity index (χ2n) is 6.91. The molecule has 2 atom stereocenters. The lowest BCUT2D eigenvalue weighted by atomic mass is 9.62. The first-order valence-corrected chi connectivity index (χ1v) is 8.35. The van der Waals surface area contributed by atoms with Gasteiger partial charge < -0.3 is 5.73 Å². The molecule has 2 fully saturated rings. The fourth-order valence-electron chi connectivity index (χ4n) is 4.61. The normalized spacial score (nSPS) is 31.3. The molecule has 1 aromatic carbocycles. The molecule has 2 unspecified atom stereocenters. The first-order chi connectivity index (χ1) is 10.1. The van der Waals surface area contributed by atoms with Gasteiger partial charge in [0.25, 0.3) is 0 Å². The summed E-state index contributed by atoms with van der Waals surface area (Å²) in [5.41, 5.74) is 6.43. The van der Waals surface area contributed by atoms with Gasteiger partial charge in [0, 0.05) is 11.1 Å². The van der Waals surface area contributed by atoms with Crippen molar-refractivity contribution in [3.8, 4) is 0 Å². The third kappa shape index (κ3) is 2.85. The Hall–Kier alpha value is -0.960. The van der Waals surface area contributed by atoms with E-state index in [1.165, 1.54) is 50.3 Å². The standard InChI is InChI=1S/C18H25F2N/c19-14-9-10-17(20)16(12-14)18(21)11-5-4-8-15(18)13-6-2-1-3-7-13/h9-10,12-13,15H,1-8,11,21H2. The summed E-state index contributed by atoms with van der Waals surface area (Å²) < 4.78 is 27.9. The Kier molecular flexibility index (Phi) is 4.30. The lowest BCUT2D eigenvalue weighted by Crippen LogP contribution is -2.50. The zero-order valence-electron chi connectivity index (χ0n) is 12.6. The van der Waals surface area contributed by atoms with Crippen LogP contribution in [-0.2, 0) is 5.54 Å². The minimum Gasteiger partial charge on any atom is -0.321 e. The van der Waals surface area contributed by atoms with E-state index in [0.717, 1.165) is 25.7 Å². The maximum atomic E-state index is 14.3. The van der Waals surface area contributed by atoms with Crippen LogP contribution in [0.5, 0.6) is 0 Å². The maximum absolute atomic E-state index is 14.3. The number of hydrogen-bond acceptors (Lipinski definition) is 1. The topological polar surface area (TPSA) is 26.0 Å². The van der Waals surface area contributed by atoms with Crippen LogP contribution in [-0.4, -0.2) is 0 Å². The molecule has 0 heterocycles. The van der Waals surface area contributed by atoms with Crippen molar-refractivity contribution in [2.24, 2.45) is 17.6 Å². The van der Waals surface area contributed by atoms with Gasteiger partial charge >= 0.3 is 0 Å². The lowest BCUT2D eigenvalue weighted by molar-refractivity contribution is 0.0956. The monoisotopic (exact) mass is 293 g/mol. The van der Waals surface area contributed by atoms with Crippen molar-refractivity contribution in [2.45, 2.75) is 63.3 Å². The average molecular weight is 293 g/mol. The highest BCUT2D eigenvalue weighted by atomic mass is 19.1. The van der Waals surface area contributed by atoms with Gasteiger partial charge in [0.15, 0.2) is 0 Å². The van der Waals surface area contributed by atoms with Crippen molar-refractivity contribution < 1.29 is 8.78 Å². The Morgan fingerprint density at radius 2 is 1.67 bits per heavy atom. The summed E-state index contributed by atoms with van der Waals surface area (Å²) in [5.74, 6) is 0.139. The van der Waals surface area contributed by atoms with Crippen molar-refractivity contribution in [1.29, 1.82) is 0 Å². The van der Waals surface area contributed by atoms with E-state index >= 15 is 0 Å². The van der Waals surface area contributed by atoms with Gasteiger partial charge in [-0.15, -0.1) is 0 Å². The molecule has 3 rings (SSSR count). The molecule has 116 valence electrons. The van der Waals surface area contributed by atoms with Crippen molar-refractivity contribution in [1.82, 2.24) is 0 Å². The number of nitrogens with two attached hydrogens (primary N) is 1. The lowest BCUT2D eigenvalue weighted by Gasteiger charge is -2.46. The minimum atomic E-state index is -0.688. The summed E-state index contributed by atoms with van der Waals surface area (Å²) in [6.45, 7) is 0. The summed E-state index contributed by atoms with van der Waals surface area (Å²) in [4.78, 5) is 0. The molecule has 3 heteroatoms. The zero-order chi connectivity index (χ0) is 14.9. The predicted molar refractivity (Wildman–Crippen MR) is 80.8 cm³/mol. The van der Waals surface area contributed by atoms with E-state index in [9.17, 15) is 8.78 Å². The largest absolute Gasteiger partial charge is 0.321 e. The Morgan fingerprint density at radius 3 is 2.43 bits per heavy atom. The van der Waals surface area contributed by atoms with E-state index < -0.39 is 5.54 Å². The zero-order valence-corrected chi connectivity index (χ0v) is 12.6. The van der Waals surface area contributed by atoms with Crippen LogP contribution in [0.1, 0.15) is 63.4 Å². The molecule has 0 saturated heterocycles. The molecule has 2 saturated carbocycles. The van der Waals surface area contributed by atoms with Crippen LogP contribution >= 0.6 is 0 Å². The molecule has 0 aliphatic heterocycles. The van der Waals surface area contributed by atoms with Crippen LogP contribution in [0.15, 0.2) is 18.2 Å². The Bertz CT molecular complexity index is 496. The number of rotatable bonds is 2. The van der Waals surface area contributed by atoms with Crippen LogP contribution < -0.4 is 5.73 Å². The number of benzene rings is 1. The Morgan fingerprint density at radius 1 is 0.952 bits per heavy atom. The molecular weight excluding hydrogens is 268 g/mol. The summed E-state index contributed by atoms with van der Waals surface area (Å²) in [6.07, 6.45) is 10.2. The van der Waals surface area contributed by atoms with E-state index in [2.05, 4.69) is 0 Å². The van der Waals surface area contributed by atoms with Crippen LogP contribution in [0.4, 0.5) is 8.78 Å².